The van der Waals surface area contributed by atoms with Crippen molar-refractivity contribution in [2.24, 2.45) is 0 Å². The number of methoxy groups -OCH3 is 1. The molecule has 0 aromatic heterocycles. The highest BCUT2D eigenvalue weighted by Gasteiger charge is 2.22. The van der Waals surface area contributed by atoms with Crippen molar-refractivity contribution in [3.8, 4) is 5.75 Å². The number of carbonyl (C=O) groups excluding carboxylic acids is 1. The van der Waals surface area contributed by atoms with Gasteiger partial charge in [0.2, 0.25) is 5.91 Å². The Balaban J connectivity index is 2.05. The summed E-state index contributed by atoms with van der Waals surface area (Å²) in [7, 11) is 1.63. The van der Waals surface area contributed by atoms with Crippen LogP contribution in [0.25, 0.3) is 0 Å². The monoisotopic (exact) mass is 252 g/mol. The smallest absolute Gasteiger partial charge is 0.242 e. The minimum atomic E-state index is -0.0819. The summed E-state index contributed by atoms with van der Waals surface area (Å²) in [6.07, 6.45) is 0. The van der Waals surface area contributed by atoms with E-state index in [1.54, 1.807) is 18.9 Å². The summed E-state index contributed by atoms with van der Waals surface area (Å²) < 4.78 is 5.13. The van der Waals surface area contributed by atoms with Gasteiger partial charge in [-0.25, -0.2) is 0 Å². The normalized spacial score (nSPS) is 19.1. The van der Waals surface area contributed by atoms with E-state index in [1.807, 2.05) is 25.1 Å². The average Bonchev–Trinajstić information content (AvgIpc) is 2.85. The zero-order valence-electron chi connectivity index (χ0n) is 9.95. The van der Waals surface area contributed by atoms with Crippen LogP contribution in [0.1, 0.15) is 5.56 Å². The summed E-state index contributed by atoms with van der Waals surface area (Å²) in [4.78, 5) is 11.9. The molecule has 0 spiro atoms. The molecule has 1 aromatic carbocycles. The first kappa shape index (κ1) is 12.3. The molecule has 0 radical (unpaired) electrons. The van der Waals surface area contributed by atoms with Gasteiger partial charge in [-0.3, -0.25) is 10.1 Å². The molecule has 4 nitrogen and oxygen atoms in total. The van der Waals surface area contributed by atoms with Gasteiger partial charge in [0.1, 0.15) is 5.75 Å². The minimum absolute atomic E-state index is 0.0308. The molecule has 1 aliphatic heterocycles. The Kier molecular flexibility index (Phi) is 3.91. The SMILES string of the molecule is COc1ccc(NC(=O)C2CSCN2)c(C)c1. The van der Waals surface area contributed by atoms with Gasteiger partial charge in [0.25, 0.3) is 0 Å². The maximum absolute atomic E-state index is 11.9. The van der Waals surface area contributed by atoms with E-state index in [1.165, 1.54) is 0 Å². The molecule has 1 aromatic rings. The lowest BCUT2D eigenvalue weighted by Gasteiger charge is -2.13. The van der Waals surface area contributed by atoms with Crippen LogP contribution in [-0.2, 0) is 4.79 Å². The summed E-state index contributed by atoms with van der Waals surface area (Å²) >= 11 is 1.74. The number of hydrogen-bond acceptors (Lipinski definition) is 4. The Labute approximate surface area is 105 Å². The first-order valence-corrected chi connectivity index (χ1v) is 6.63. The molecule has 0 saturated carbocycles. The quantitative estimate of drug-likeness (QED) is 0.858. The van der Waals surface area contributed by atoms with Crippen molar-refractivity contribution in [1.82, 2.24) is 5.32 Å². The van der Waals surface area contributed by atoms with Crippen molar-refractivity contribution < 1.29 is 9.53 Å². The van der Waals surface area contributed by atoms with Crippen LogP contribution in [-0.4, -0.2) is 30.7 Å². The van der Waals surface area contributed by atoms with Crippen LogP contribution in [0.3, 0.4) is 0 Å². The molecule has 1 amide bonds. The second-order valence-electron chi connectivity index (χ2n) is 3.94. The zero-order chi connectivity index (χ0) is 12.3. The third-order valence-corrected chi connectivity index (χ3v) is 3.66. The van der Waals surface area contributed by atoms with Gasteiger partial charge in [-0.1, -0.05) is 0 Å². The Hall–Kier alpha value is -1.20. The third-order valence-electron chi connectivity index (χ3n) is 2.72. The zero-order valence-corrected chi connectivity index (χ0v) is 10.8. The summed E-state index contributed by atoms with van der Waals surface area (Å²) in [5.74, 6) is 2.51. The van der Waals surface area contributed by atoms with Gasteiger partial charge in [-0.15, -0.1) is 11.8 Å². The van der Waals surface area contributed by atoms with Crippen molar-refractivity contribution in [1.29, 1.82) is 0 Å². The molecule has 92 valence electrons. The van der Waals surface area contributed by atoms with Gasteiger partial charge < -0.3 is 10.1 Å². The van der Waals surface area contributed by atoms with E-state index in [4.69, 9.17) is 4.74 Å². The van der Waals surface area contributed by atoms with Crippen LogP contribution < -0.4 is 15.4 Å². The fourth-order valence-electron chi connectivity index (χ4n) is 1.69. The fraction of sp³-hybridized carbons (Fsp3) is 0.417. The number of amides is 1. The van der Waals surface area contributed by atoms with Crippen LogP contribution in [0.2, 0.25) is 0 Å². The standard InChI is InChI=1S/C12H16N2O2S/c1-8-5-9(16-2)3-4-10(8)14-12(15)11-6-17-7-13-11/h3-5,11,13H,6-7H2,1-2H3,(H,14,15). The molecule has 2 N–H and O–H groups in total. The highest BCUT2D eigenvalue weighted by molar-refractivity contribution is 7.99. The molecule has 1 saturated heterocycles. The largest absolute Gasteiger partial charge is 0.497 e. The minimum Gasteiger partial charge on any atom is -0.497 e. The van der Waals surface area contributed by atoms with Crippen molar-refractivity contribution >= 4 is 23.4 Å². The van der Waals surface area contributed by atoms with E-state index in [0.717, 1.165) is 28.6 Å². The number of anilines is 1. The molecule has 1 unspecified atom stereocenters. The van der Waals surface area contributed by atoms with Gasteiger partial charge in [-0.05, 0) is 30.7 Å². The molecule has 5 heteroatoms. The molecular weight excluding hydrogens is 236 g/mol. The van der Waals surface area contributed by atoms with Crippen LogP contribution >= 0.6 is 11.8 Å². The molecule has 2 rings (SSSR count). The van der Waals surface area contributed by atoms with E-state index in [-0.39, 0.29) is 11.9 Å². The first-order valence-electron chi connectivity index (χ1n) is 5.47. The number of rotatable bonds is 3. The van der Waals surface area contributed by atoms with Gasteiger partial charge in [0.05, 0.1) is 13.2 Å². The molecule has 1 fully saturated rings. The van der Waals surface area contributed by atoms with Gasteiger partial charge in [0, 0.05) is 17.3 Å². The first-order chi connectivity index (χ1) is 8.20. The number of nitrogens with one attached hydrogen (secondary N) is 2. The number of thioether (sulfide) groups is 1. The van der Waals surface area contributed by atoms with Crippen LogP contribution in [0, 0.1) is 6.92 Å². The van der Waals surface area contributed by atoms with Crippen LogP contribution in [0.5, 0.6) is 5.75 Å². The Morgan fingerprint density at radius 2 is 2.41 bits per heavy atom. The molecule has 0 aliphatic carbocycles. The number of hydrogen-bond donors (Lipinski definition) is 2. The maximum Gasteiger partial charge on any atom is 0.242 e. The molecule has 1 atom stereocenters. The van der Waals surface area contributed by atoms with Crippen molar-refractivity contribution in [3.63, 3.8) is 0 Å². The fourth-order valence-corrected chi connectivity index (χ4v) is 2.63. The molecular formula is C12H16N2O2S. The molecule has 1 aliphatic rings. The number of aryl methyl sites for hydroxylation is 1. The lowest BCUT2D eigenvalue weighted by atomic mass is 10.2. The van der Waals surface area contributed by atoms with Crippen molar-refractivity contribution in [2.45, 2.75) is 13.0 Å². The third kappa shape index (κ3) is 2.92. The van der Waals surface area contributed by atoms with Gasteiger partial charge in [0.15, 0.2) is 0 Å². The molecule has 17 heavy (non-hydrogen) atoms. The summed E-state index contributed by atoms with van der Waals surface area (Å²) in [6, 6.07) is 5.54. The summed E-state index contributed by atoms with van der Waals surface area (Å²) in [6.45, 7) is 1.95. The van der Waals surface area contributed by atoms with Gasteiger partial charge >= 0.3 is 0 Å². The van der Waals surface area contributed by atoms with E-state index < -0.39 is 0 Å². The number of benzene rings is 1. The lowest BCUT2D eigenvalue weighted by molar-refractivity contribution is -0.117. The van der Waals surface area contributed by atoms with Crippen LogP contribution in [0.15, 0.2) is 18.2 Å². The van der Waals surface area contributed by atoms with E-state index in [2.05, 4.69) is 10.6 Å². The maximum atomic E-state index is 11.9. The highest BCUT2D eigenvalue weighted by atomic mass is 32.2. The average molecular weight is 252 g/mol. The Morgan fingerprint density at radius 1 is 1.59 bits per heavy atom. The summed E-state index contributed by atoms with van der Waals surface area (Å²) in [5.41, 5.74) is 1.85. The number of ether oxygens (including phenoxy) is 1. The van der Waals surface area contributed by atoms with Crippen molar-refractivity contribution in [3.05, 3.63) is 23.8 Å². The second-order valence-corrected chi connectivity index (χ2v) is 4.97. The van der Waals surface area contributed by atoms with E-state index in [0.29, 0.717) is 0 Å². The van der Waals surface area contributed by atoms with E-state index in [9.17, 15) is 4.79 Å². The van der Waals surface area contributed by atoms with Gasteiger partial charge in [-0.2, -0.15) is 0 Å². The summed E-state index contributed by atoms with van der Waals surface area (Å²) in [5, 5.41) is 6.08. The topological polar surface area (TPSA) is 50.4 Å². The lowest BCUT2D eigenvalue weighted by Crippen LogP contribution is -2.37. The van der Waals surface area contributed by atoms with Crippen LogP contribution in [0.4, 0.5) is 5.69 Å². The molecule has 1 heterocycles. The van der Waals surface area contributed by atoms with E-state index >= 15 is 0 Å². The highest BCUT2D eigenvalue weighted by Crippen LogP contribution is 2.21. The Morgan fingerprint density at radius 3 is 3.00 bits per heavy atom. The molecule has 0 bridgehead atoms. The predicted octanol–water partition coefficient (Wildman–Crippen LogP) is 1.60. The second kappa shape index (κ2) is 5.42. The van der Waals surface area contributed by atoms with Crippen molar-refractivity contribution in [2.75, 3.05) is 24.1 Å². The predicted molar refractivity (Wildman–Crippen MR) is 70.6 cm³/mol. The Bertz CT molecular complexity index is 417. The number of carbonyl (C=O) groups is 1.